The van der Waals surface area contributed by atoms with Gasteiger partial charge in [-0.3, -0.25) is 9.59 Å². The van der Waals surface area contributed by atoms with Crippen LogP contribution in [0.2, 0.25) is 0 Å². The summed E-state index contributed by atoms with van der Waals surface area (Å²) in [6.07, 6.45) is 8.58. The number of allylic oxidation sites excluding steroid dienone is 2. The number of hydrogen-bond donors (Lipinski definition) is 2. The van der Waals surface area contributed by atoms with Crippen molar-refractivity contribution in [2.24, 2.45) is 28.6 Å². The van der Waals surface area contributed by atoms with Gasteiger partial charge in [0.1, 0.15) is 17.8 Å². The number of ketones is 2. The maximum atomic E-state index is 12.6. The lowest BCUT2D eigenvalue weighted by Crippen LogP contribution is -2.62. The Kier molecular flexibility index (Phi) is 3.29. The smallest absolute Gasteiger partial charge is 0.190 e. The Morgan fingerprint density at radius 3 is 2.78 bits per heavy atom. The summed E-state index contributed by atoms with van der Waals surface area (Å²) >= 11 is 0. The van der Waals surface area contributed by atoms with Crippen LogP contribution in [0.15, 0.2) is 23.8 Å². The number of aliphatic hydroxyl groups excluding tert-OH is 1. The van der Waals surface area contributed by atoms with Gasteiger partial charge < -0.3 is 14.9 Å². The van der Waals surface area contributed by atoms with E-state index >= 15 is 0 Å². The first-order valence-electron chi connectivity index (χ1n) is 10.1. The zero-order valence-corrected chi connectivity index (χ0v) is 16.2. The van der Waals surface area contributed by atoms with Crippen molar-refractivity contribution in [3.8, 4) is 0 Å². The van der Waals surface area contributed by atoms with Gasteiger partial charge in [-0.1, -0.05) is 25.5 Å². The third-order valence-corrected chi connectivity index (χ3v) is 9.08. The lowest BCUT2D eigenvalue weighted by Gasteiger charge is -2.55. The van der Waals surface area contributed by atoms with Gasteiger partial charge in [-0.05, 0) is 62.5 Å². The number of ether oxygens (including phenoxy) is 1. The highest BCUT2D eigenvalue weighted by atomic mass is 16.6. The summed E-state index contributed by atoms with van der Waals surface area (Å²) in [4.78, 5) is 24.5. The van der Waals surface area contributed by atoms with Crippen LogP contribution in [0.3, 0.4) is 0 Å². The van der Waals surface area contributed by atoms with E-state index < -0.39 is 23.4 Å². The topological polar surface area (TPSA) is 87.1 Å². The molecular weight excluding hydrogens is 344 g/mol. The second kappa shape index (κ2) is 5.00. The number of epoxide rings is 1. The summed E-state index contributed by atoms with van der Waals surface area (Å²) in [6, 6.07) is 0. The molecule has 0 radical (unpaired) electrons. The van der Waals surface area contributed by atoms with Crippen molar-refractivity contribution in [3.63, 3.8) is 0 Å². The van der Waals surface area contributed by atoms with E-state index in [9.17, 15) is 19.8 Å². The van der Waals surface area contributed by atoms with Crippen LogP contribution in [0.25, 0.3) is 0 Å². The van der Waals surface area contributed by atoms with Gasteiger partial charge in [0, 0.05) is 10.8 Å². The third-order valence-electron chi connectivity index (χ3n) is 9.08. The maximum absolute atomic E-state index is 12.6. The number of hydrogen-bond acceptors (Lipinski definition) is 5. The van der Waals surface area contributed by atoms with Gasteiger partial charge in [0.15, 0.2) is 11.6 Å². The summed E-state index contributed by atoms with van der Waals surface area (Å²) in [7, 11) is 0. The van der Waals surface area contributed by atoms with Crippen LogP contribution in [-0.2, 0) is 14.3 Å². The van der Waals surface area contributed by atoms with Crippen LogP contribution >= 0.6 is 0 Å². The van der Waals surface area contributed by atoms with E-state index in [1.807, 2.05) is 19.9 Å². The first-order valence-corrected chi connectivity index (χ1v) is 10.1. The Labute approximate surface area is 159 Å². The summed E-state index contributed by atoms with van der Waals surface area (Å²) in [6.45, 7) is 5.51. The fourth-order valence-electron chi connectivity index (χ4n) is 7.70. The minimum atomic E-state index is -1.50. The highest BCUT2D eigenvalue weighted by Gasteiger charge is 2.81. The molecule has 8 atom stereocenters. The molecule has 5 aliphatic rings. The molecule has 0 amide bonds. The number of carbonyl (C=O) groups excluding carboxylic acids is 2. The summed E-state index contributed by atoms with van der Waals surface area (Å²) in [5.74, 6) is -0.193. The van der Waals surface area contributed by atoms with E-state index in [2.05, 4.69) is 6.92 Å². The monoisotopic (exact) mass is 372 g/mol. The van der Waals surface area contributed by atoms with Crippen molar-refractivity contribution in [2.75, 3.05) is 6.61 Å². The molecule has 5 nitrogen and oxygen atoms in total. The Hall–Kier alpha value is -1.30. The molecule has 1 aliphatic heterocycles. The van der Waals surface area contributed by atoms with E-state index in [-0.39, 0.29) is 40.7 Å². The zero-order valence-electron chi connectivity index (χ0n) is 16.2. The highest BCUT2D eigenvalue weighted by Crippen LogP contribution is 2.76. The van der Waals surface area contributed by atoms with Gasteiger partial charge in [-0.15, -0.1) is 0 Å². The van der Waals surface area contributed by atoms with E-state index in [0.29, 0.717) is 6.42 Å². The van der Waals surface area contributed by atoms with E-state index in [1.54, 1.807) is 12.2 Å². The molecule has 5 rings (SSSR count). The summed E-state index contributed by atoms with van der Waals surface area (Å²) in [5.41, 5.74) is -1.55. The predicted molar refractivity (Wildman–Crippen MR) is 97.7 cm³/mol. The molecule has 146 valence electrons. The molecule has 4 aliphatic carbocycles. The number of carbonyl (C=O) groups is 2. The lowest BCUT2D eigenvalue weighted by molar-refractivity contribution is -0.165. The van der Waals surface area contributed by atoms with E-state index in [0.717, 1.165) is 24.8 Å². The molecule has 3 saturated carbocycles. The highest BCUT2D eigenvalue weighted by molar-refractivity contribution is 6.01. The molecule has 1 spiro atoms. The average molecular weight is 372 g/mol. The predicted octanol–water partition coefficient (Wildman–Crippen LogP) is 1.96. The van der Waals surface area contributed by atoms with Gasteiger partial charge in [-0.2, -0.15) is 0 Å². The number of Topliss-reactive ketones (excluding diaryl/α,β-unsaturated/α-hetero) is 1. The molecule has 0 aromatic rings. The maximum Gasteiger partial charge on any atom is 0.190 e. The fourth-order valence-corrected chi connectivity index (χ4v) is 7.70. The third kappa shape index (κ3) is 1.73. The Morgan fingerprint density at radius 1 is 1.33 bits per heavy atom. The van der Waals surface area contributed by atoms with Crippen LogP contribution in [0.1, 0.15) is 46.5 Å². The van der Waals surface area contributed by atoms with Gasteiger partial charge in [0.05, 0.1) is 6.10 Å². The molecule has 5 heteroatoms. The summed E-state index contributed by atoms with van der Waals surface area (Å²) in [5, 5.41) is 21.0. The largest absolute Gasteiger partial charge is 0.388 e. The average Bonchev–Trinajstić information content (AvgIpc) is 3.31. The molecule has 0 aromatic heterocycles. The van der Waals surface area contributed by atoms with Crippen molar-refractivity contribution < 1.29 is 24.5 Å². The van der Waals surface area contributed by atoms with Crippen molar-refractivity contribution in [1.29, 1.82) is 0 Å². The standard InChI is InChI=1S/C22H28O5/c1-12-8-16-15-5-4-13-9-14(24)6-7-19(13,2)22(15)18(27-22)10-20(16,3)21(12,26)17(25)11-23/h6-7,9,12,15-16,18,23,26H,4-5,8,10-11H2,1-3H3/t12-,15+,16+,18+,19+,20+,21+,22+/m1/s1. The second-order valence-corrected chi connectivity index (χ2v) is 9.86. The van der Waals surface area contributed by atoms with Crippen LogP contribution in [0.4, 0.5) is 0 Å². The van der Waals surface area contributed by atoms with E-state index in [4.69, 9.17) is 4.74 Å². The Morgan fingerprint density at radius 2 is 2.07 bits per heavy atom. The Bertz CT molecular complexity index is 814. The molecule has 0 bridgehead atoms. The molecule has 2 N–H and O–H groups in total. The van der Waals surface area contributed by atoms with Crippen LogP contribution in [0.5, 0.6) is 0 Å². The fraction of sp³-hybridized carbons (Fsp3) is 0.727. The molecule has 27 heavy (non-hydrogen) atoms. The van der Waals surface area contributed by atoms with Crippen LogP contribution in [0, 0.1) is 28.6 Å². The van der Waals surface area contributed by atoms with Gasteiger partial charge in [0.25, 0.3) is 0 Å². The molecule has 4 fully saturated rings. The van der Waals surface area contributed by atoms with Crippen LogP contribution < -0.4 is 0 Å². The molecule has 1 saturated heterocycles. The Balaban J connectivity index is 1.60. The number of fused-ring (bicyclic) bond motifs is 3. The summed E-state index contributed by atoms with van der Waals surface area (Å²) < 4.78 is 6.43. The van der Waals surface area contributed by atoms with Gasteiger partial charge >= 0.3 is 0 Å². The lowest BCUT2D eigenvalue weighted by atomic mass is 9.46. The number of aliphatic hydroxyl groups is 2. The minimum Gasteiger partial charge on any atom is -0.388 e. The molecular formula is C22H28O5. The van der Waals surface area contributed by atoms with Crippen molar-refractivity contribution in [2.45, 2.75) is 63.8 Å². The zero-order chi connectivity index (χ0) is 19.4. The van der Waals surface area contributed by atoms with Crippen molar-refractivity contribution in [3.05, 3.63) is 23.8 Å². The molecule has 0 aromatic carbocycles. The minimum absolute atomic E-state index is 0.0291. The van der Waals surface area contributed by atoms with Crippen molar-refractivity contribution >= 4 is 11.6 Å². The van der Waals surface area contributed by atoms with Crippen LogP contribution in [-0.4, -0.2) is 45.7 Å². The normalized spacial score (nSPS) is 55.1. The van der Waals surface area contributed by atoms with E-state index in [1.165, 1.54) is 0 Å². The van der Waals surface area contributed by atoms with Crippen molar-refractivity contribution in [1.82, 2.24) is 0 Å². The molecule has 1 heterocycles. The van der Waals surface area contributed by atoms with Gasteiger partial charge in [-0.25, -0.2) is 0 Å². The first kappa shape index (κ1) is 17.8. The second-order valence-electron chi connectivity index (χ2n) is 9.86. The number of rotatable bonds is 2. The first-order chi connectivity index (χ1) is 12.6. The SMILES string of the molecule is C[C@@H]1C[C@H]2[C@@H]3CCC4=CC(=O)C=C[C@]4(C)[C@]34O[C@H]4C[C@]2(C)[C@@]1(O)C(=O)CO. The quantitative estimate of drug-likeness (QED) is 0.724. The van der Waals surface area contributed by atoms with Gasteiger partial charge in [0.2, 0.25) is 0 Å². The molecule has 0 unspecified atom stereocenters.